The van der Waals surface area contributed by atoms with Gasteiger partial charge in [-0.15, -0.1) is 0 Å². The summed E-state index contributed by atoms with van der Waals surface area (Å²) in [5.74, 6) is 0. The van der Waals surface area contributed by atoms with Crippen LogP contribution in [0, 0.1) is 4.64 Å². The molecule has 1 rings (SSSR count). The fourth-order valence-electron chi connectivity index (χ4n) is 0.698. The van der Waals surface area contributed by atoms with Gasteiger partial charge in [0.25, 0.3) is 0 Å². The first-order chi connectivity index (χ1) is 5.02. The minimum absolute atomic E-state index is 0.176. The van der Waals surface area contributed by atoms with Crippen molar-refractivity contribution in [2.45, 2.75) is 4.90 Å². The summed E-state index contributed by atoms with van der Waals surface area (Å²) in [6, 6.07) is 3.08. The Morgan fingerprint density at radius 1 is 1.55 bits per heavy atom. The van der Waals surface area contributed by atoms with Gasteiger partial charge in [0.1, 0.15) is 9.54 Å². The third-order valence-corrected chi connectivity index (χ3v) is 2.79. The SMILES string of the molecule is CS(=O)(=O)c1ccc[nH]c1=S. The van der Waals surface area contributed by atoms with E-state index >= 15 is 0 Å². The van der Waals surface area contributed by atoms with Crippen molar-refractivity contribution in [2.24, 2.45) is 0 Å². The molecule has 60 valence electrons. The van der Waals surface area contributed by atoms with Gasteiger partial charge in [0.05, 0.1) is 0 Å². The molecule has 1 aromatic rings. The highest BCUT2D eigenvalue weighted by molar-refractivity contribution is 7.91. The van der Waals surface area contributed by atoms with Crippen LogP contribution in [0.15, 0.2) is 23.2 Å². The van der Waals surface area contributed by atoms with Crippen LogP contribution in [0.5, 0.6) is 0 Å². The first-order valence-electron chi connectivity index (χ1n) is 2.89. The molecular formula is C6H7NO2S2. The summed E-state index contributed by atoms with van der Waals surface area (Å²) in [5.41, 5.74) is 0. The van der Waals surface area contributed by atoms with Crippen LogP contribution in [0.25, 0.3) is 0 Å². The molecule has 1 N–H and O–H groups in total. The number of rotatable bonds is 1. The molecule has 0 bridgehead atoms. The predicted octanol–water partition coefficient (Wildman–Crippen LogP) is 1.15. The van der Waals surface area contributed by atoms with Crippen LogP contribution in [-0.4, -0.2) is 19.7 Å². The molecule has 0 radical (unpaired) electrons. The van der Waals surface area contributed by atoms with E-state index in [0.29, 0.717) is 0 Å². The maximum absolute atomic E-state index is 11.0. The molecule has 1 aromatic heterocycles. The van der Waals surface area contributed by atoms with Crippen molar-refractivity contribution in [1.29, 1.82) is 0 Å². The van der Waals surface area contributed by atoms with E-state index in [2.05, 4.69) is 4.98 Å². The van der Waals surface area contributed by atoms with Gasteiger partial charge >= 0.3 is 0 Å². The molecule has 0 fully saturated rings. The number of pyridine rings is 1. The second-order valence-electron chi connectivity index (χ2n) is 2.14. The number of sulfone groups is 1. The average Bonchev–Trinajstić information content (AvgIpc) is 1.86. The Labute approximate surface area is 70.0 Å². The van der Waals surface area contributed by atoms with Crippen molar-refractivity contribution in [3.63, 3.8) is 0 Å². The standard InChI is InChI=1S/C6H7NO2S2/c1-11(8,9)5-3-2-4-7-6(5)10/h2-4H,1H3,(H,7,10). The van der Waals surface area contributed by atoms with Crippen molar-refractivity contribution in [2.75, 3.05) is 6.26 Å². The Balaban J connectivity index is 3.50. The molecule has 0 amide bonds. The van der Waals surface area contributed by atoms with Gasteiger partial charge in [-0.05, 0) is 12.1 Å². The van der Waals surface area contributed by atoms with Crippen molar-refractivity contribution in [3.05, 3.63) is 23.0 Å². The van der Waals surface area contributed by atoms with Crippen molar-refractivity contribution in [1.82, 2.24) is 4.98 Å². The van der Waals surface area contributed by atoms with Gasteiger partial charge in [-0.2, -0.15) is 0 Å². The lowest BCUT2D eigenvalue weighted by atomic mass is 10.5. The second kappa shape index (κ2) is 2.75. The van der Waals surface area contributed by atoms with Crippen molar-refractivity contribution < 1.29 is 8.42 Å². The number of H-pyrrole nitrogens is 1. The van der Waals surface area contributed by atoms with Crippen LogP contribution < -0.4 is 0 Å². The van der Waals surface area contributed by atoms with Crippen molar-refractivity contribution in [3.8, 4) is 0 Å². The quantitative estimate of drug-likeness (QED) is 0.674. The summed E-state index contributed by atoms with van der Waals surface area (Å²) in [4.78, 5) is 2.82. The molecule has 0 aliphatic rings. The molecule has 0 aliphatic carbocycles. The number of aromatic nitrogens is 1. The number of nitrogens with one attached hydrogen (secondary N) is 1. The molecule has 0 saturated heterocycles. The molecule has 11 heavy (non-hydrogen) atoms. The Kier molecular flexibility index (Phi) is 2.10. The zero-order valence-electron chi connectivity index (χ0n) is 5.87. The third kappa shape index (κ3) is 1.87. The number of hydrogen-bond donors (Lipinski definition) is 1. The van der Waals surface area contributed by atoms with Gasteiger partial charge in [0, 0.05) is 12.5 Å². The van der Waals surface area contributed by atoms with Crippen LogP contribution >= 0.6 is 12.2 Å². The van der Waals surface area contributed by atoms with E-state index in [1.54, 1.807) is 12.3 Å². The van der Waals surface area contributed by atoms with E-state index in [9.17, 15) is 8.42 Å². The van der Waals surface area contributed by atoms with Gasteiger partial charge in [-0.3, -0.25) is 0 Å². The minimum atomic E-state index is -3.17. The van der Waals surface area contributed by atoms with E-state index in [0.717, 1.165) is 6.26 Å². The first kappa shape index (κ1) is 8.42. The van der Waals surface area contributed by atoms with E-state index in [1.807, 2.05) is 0 Å². The first-order valence-corrected chi connectivity index (χ1v) is 5.19. The maximum Gasteiger partial charge on any atom is 0.178 e. The summed E-state index contributed by atoms with van der Waals surface area (Å²) < 4.78 is 22.2. The summed E-state index contributed by atoms with van der Waals surface area (Å²) in [6.45, 7) is 0. The van der Waals surface area contributed by atoms with Gasteiger partial charge in [0.2, 0.25) is 0 Å². The zero-order chi connectivity index (χ0) is 8.48. The second-order valence-corrected chi connectivity index (χ2v) is 4.53. The van der Waals surface area contributed by atoms with Crippen LogP contribution in [-0.2, 0) is 9.84 Å². The van der Waals surface area contributed by atoms with Crippen LogP contribution in [0.4, 0.5) is 0 Å². The van der Waals surface area contributed by atoms with E-state index in [4.69, 9.17) is 12.2 Å². The maximum atomic E-state index is 11.0. The van der Waals surface area contributed by atoms with Crippen LogP contribution in [0.1, 0.15) is 0 Å². The molecule has 0 atom stereocenters. The molecule has 0 aromatic carbocycles. The summed E-state index contributed by atoms with van der Waals surface area (Å²) in [6.07, 6.45) is 2.73. The summed E-state index contributed by atoms with van der Waals surface area (Å²) in [5, 5.41) is 0. The third-order valence-electron chi connectivity index (χ3n) is 1.18. The van der Waals surface area contributed by atoms with E-state index < -0.39 is 9.84 Å². The predicted molar refractivity (Wildman–Crippen MR) is 44.7 cm³/mol. The average molecular weight is 189 g/mol. The monoisotopic (exact) mass is 189 g/mol. The summed E-state index contributed by atoms with van der Waals surface area (Å²) in [7, 11) is -3.17. The molecule has 3 nitrogen and oxygen atoms in total. The van der Waals surface area contributed by atoms with Gasteiger partial charge in [-0.1, -0.05) is 12.2 Å². The molecule has 0 unspecified atom stereocenters. The highest BCUT2D eigenvalue weighted by atomic mass is 32.2. The molecule has 5 heteroatoms. The highest BCUT2D eigenvalue weighted by Gasteiger charge is 2.07. The van der Waals surface area contributed by atoms with E-state index in [1.165, 1.54) is 6.07 Å². The summed E-state index contributed by atoms with van der Waals surface area (Å²) >= 11 is 4.77. The Hall–Kier alpha value is -0.680. The smallest absolute Gasteiger partial charge is 0.178 e. The highest BCUT2D eigenvalue weighted by Crippen LogP contribution is 2.06. The molecule has 0 spiro atoms. The lowest BCUT2D eigenvalue weighted by molar-refractivity contribution is 0.601. The number of aromatic amines is 1. The minimum Gasteiger partial charge on any atom is -0.352 e. The molecule has 1 heterocycles. The van der Waals surface area contributed by atoms with Crippen molar-refractivity contribution >= 4 is 22.1 Å². The fraction of sp³-hybridized carbons (Fsp3) is 0.167. The van der Waals surface area contributed by atoms with E-state index in [-0.39, 0.29) is 9.54 Å². The van der Waals surface area contributed by atoms with Crippen LogP contribution in [0.3, 0.4) is 0 Å². The van der Waals surface area contributed by atoms with Gasteiger partial charge in [0.15, 0.2) is 9.84 Å². The normalized spacial score (nSPS) is 11.4. The Morgan fingerprint density at radius 2 is 2.18 bits per heavy atom. The topological polar surface area (TPSA) is 49.9 Å². The molecule has 0 saturated carbocycles. The fourth-order valence-corrected chi connectivity index (χ4v) is 2.01. The Morgan fingerprint density at radius 3 is 2.55 bits per heavy atom. The molecular weight excluding hydrogens is 182 g/mol. The zero-order valence-corrected chi connectivity index (χ0v) is 7.50. The lowest BCUT2D eigenvalue weighted by Gasteiger charge is -1.95. The lowest BCUT2D eigenvalue weighted by Crippen LogP contribution is -1.98. The largest absolute Gasteiger partial charge is 0.352 e. The number of hydrogen-bond acceptors (Lipinski definition) is 3. The Bertz CT molecular complexity index is 405. The van der Waals surface area contributed by atoms with Gasteiger partial charge < -0.3 is 4.98 Å². The van der Waals surface area contributed by atoms with Gasteiger partial charge in [-0.25, -0.2) is 8.42 Å². The van der Waals surface area contributed by atoms with Crippen LogP contribution in [0.2, 0.25) is 0 Å². The molecule has 0 aliphatic heterocycles.